The molecule has 2 rings (SSSR count). The Morgan fingerprint density at radius 2 is 2.19 bits per heavy atom. The van der Waals surface area contributed by atoms with E-state index in [9.17, 15) is 13.2 Å². The first-order valence-electron chi connectivity index (χ1n) is 5.07. The van der Waals surface area contributed by atoms with Crippen LogP contribution >= 0.6 is 0 Å². The molecule has 1 aliphatic rings. The number of hydrogen-bond donors (Lipinski definition) is 2. The molecule has 1 fully saturated rings. The largest absolute Gasteiger partial charge is 0.433 e. The lowest BCUT2D eigenvalue weighted by molar-refractivity contribution is -0.141. The standard InChI is InChI=1S/C10H12F3N3/c11-10(12,13)8-2-1-3-9(16-8)15-7-4-5-14-6-7/h1-3,7,14H,4-6H2,(H,15,16)/t7-/m0/s1. The summed E-state index contributed by atoms with van der Waals surface area (Å²) in [6.45, 7) is 1.65. The van der Waals surface area contributed by atoms with E-state index in [1.165, 1.54) is 6.07 Å². The first kappa shape index (κ1) is 11.2. The molecule has 0 aliphatic carbocycles. The van der Waals surface area contributed by atoms with E-state index in [-0.39, 0.29) is 11.9 Å². The molecule has 16 heavy (non-hydrogen) atoms. The predicted molar refractivity (Wildman–Crippen MR) is 54.1 cm³/mol. The third-order valence-corrected chi connectivity index (χ3v) is 2.45. The molecule has 88 valence electrons. The summed E-state index contributed by atoms with van der Waals surface area (Å²) < 4.78 is 37.1. The Hall–Kier alpha value is -1.30. The highest BCUT2D eigenvalue weighted by Crippen LogP contribution is 2.28. The molecule has 0 bridgehead atoms. The zero-order chi connectivity index (χ0) is 11.6. The van der Waals surface area contributed by atoms with Crippen LogP contribution in [0.15, 0.2) is 18.2 Å². The van der Waals surface area contributed by atoms with Gasteiger partial charge in [0.05, 0.1) is 0 Å². The minimum absolute atomic E-state index is 0.163. The fourth-order valence-corrected chi connectivity index (χ4v) is 1.66. The van der Waals surface area contributed by atoms with Crippen molar-refractivity contribution >= 4 is 5.82 Å². The van der Waals surface area contributed by atoms with Gasteiger partial charge in [0.15, 0.2) is 0 Å². The average molecular weight is 231 g/mol. The topological polar surface area (TPSA) is 37.0 Å². The Kier molecular flexibility index (Phi) is 3.00. The van der Waals surface area contributed by atoms with Gasteiger partial charge in [0.25, 0.3) is 0 Å². The number of halogens is 3. The van der Waals surface area contributed by atoms with Gasteiger partial charge in [0.1, 0.15) is 11.5 Å². The molecule has 2 heterocycles. The monoisotopic (exact) mass is 231 g/mol. The van der Waals surface area contributed by atoms with Gasteiger partial charge in [0.2, 0.25) is 0 Å². The maximum absolute atomic E-state index is 12.4. The number of hydrogen-bond acceptors (Lipinski definition) is 3. The molecular weight excluding hydrogens is 219 g/mol. The molecule has 1 atom stereocenters. The second kappa shape index (κ2) is 4.29. The third kappa shape index (κ3) is 2.63. The molecule has 0 radical (unpaired) electrons. The van der Waals surface area contributed by atoms with Crippen molar-refractivity contribution < 1.29 is 13.2 Å². The molecule has 1 aromatic rings. The fraction of sp³-hybridized carbons (Fsp3) is 0.500. The number of rotatable bonds is 2. The van der Waals surface area contributed by atoms with Crippen molar-refractivity contribution in [3.8, 4) is 0 Å². The zero-order valence-electron chi connectivity index (χ0n) is 8.51. The average Bonchev–Trinajstić information content (AvgIpc) is 2.70. The van der Waals surface area contributed by atoms with Crippen molar-refractivity contribution in [1.82, 2.24) is 10.3 Å². The number of nitrogens with zero attached hydrogens (tertiary/aromatic N) is 1. The summed E-state index contributed by atoms with van der Waals surface area (Å²) >= 11 is 0. The van der Waals surface area contributed by atoms with Crippen molar-refractivity contribution in [2.24, 2.45) is 0 Å². The van der Waals surface area contributed by atoms with Crippen LogP contribution in [0.4, 0.5) is 19.0 Å². The highest BCUT2D eigenvalue weighted by Gasteiger charge is 2.32. The van der Waals surface area contributed by atoms with E-state index in [0.717, 1.165) is 25.6 Å². The van der Waals surface area contributed by atoms with Crippen LogP contribution in [-0.4, -0.2) is 24.1 Å². The van der Waals surface area contributed by atoms with E-state index >= 15 is 0 Å². The highest BCUT2D eigenvalue weighted by atomic mass is 19.4. The van der Waals surface area contributed by atoms with Gasteiger partial charge >= 0.3 is 6.18 Å². The van der Waals surface area contributed by atoms with E-state index in [0.29, 0.717) is 0 Å². The summed E-state index contributed by atoms with van der Waals surface area (Å²) in [6.07, 6.45) is -3.48. The molecule has 0 aromatic carbocycles. The van der Waals surface area contributed by atoms with E-state index < -0.39 is 11.9 Å². The van der Waals surface area contributed by atoms with Crippen LogP contribution in [0, 0.1) is 0 Å². The molecule has 1 aromatic heterocycles. The minimum Gasteiger partial charge on any atom is -0.366 e. The lowest BCUT2D eigenvalue weighted by Crippen LogP contribution is -2.23. The molecule has 0 saturated carbocycles. The van der Waals surface area contributed by atoms with Crippen molar-refractivity contribution in [1.29, 1.82) is 0 Å². The molecule has 1 aliphatic heterocycles. The maximum Gasteiger partial charge on any atom is 0.433 e. The summed E-state index contributed by atoms with van der Waals surface area (Å²) in [7, 11) is 0. The molecule has 0 spiro atoms. The summed E-state index contributed by atoms with van der Waals surface area (Å²) in [5.74, 6) is 0.281. The van der Waals surface area contributed by atoms with Crippen molar-refractivity contribution in [3.63, 3.8) is 0 Å². The molecule has 0 amide bonds. The van der Waals surface area contributed by atoms with Crippen LogP contribution in [0.2, 0.25) is 0 Å². The number of aromatic nitrogens is 1. The van der Waals surface area contributed by atoms with E-state index in [1.807, 2.05) is 0 Å². The summed E-state index contributed by atoms with van der Waals surface area (Å²) in [6, 6.07) is 4.04. The van der Waals surface area contributed by atoms with Crippen LogP contribution in [-0.2, 0) is 6.18 Å². The van der Waals surface area contributed by atoms with Gasteiger partial charge in [-0.1, -0.05) is 6.07 Å². The van der Waals surface area contributed by atoms with Gasteiger partial charge in [-0.15, -0.1) is 0 Å². The number of nitrogens with one attached hydrogen (secondary N) is 2. The summed E-state index contributed by atoms with van der Waals surface area (Å²) in [5.41, 5.74) is -0.858. The normalized spacial score (nSPS) is 21.1. The third-order valence-electron chi connectivity index (χ3n) is 2.45. The van der Waals surface area contributed by atoms with Crippen molar-refractivity contribution in [3.05, 3.63) is 23.9 Å². The predicted octanol–water partition coefficient (Wildman–Crippen LogP) is 1.87. The summed E-state index contributed by atoms with van der Waals surface area (Å²) in [4.78, 5) is 3.54. The lowest BCUT2D eigenvalue weighted by atomic mass is 10.2. The van der Waals surface area contributed by atoms with E-state index in [4.69, 9.17) is 0 Å². The Balaban J connectivity index is 2.09. The SMILES string of the molecule is FC(F)(F)c1cccc(N[C@H]2CCNC2)n1. The number of anilines is 1. The van der Waals surface area contributed by atoms with E-state index in [2.05, 4.69) is 15.6 Å². The van der Waals surface area contributed by atoms with Crippen LogP contribution in [0.1, 0.15) is 12.1 Å². The Morgan fingerprint density at radius 1 is 1.38 bits per heavy atom. The van der Waals surface area contributed by atoms with Gasteiger partial charge < -0.3 is 10.6 Å². The molecule has 3 nitrogen and oxygen atoms in total. The van der Waals surface area contributed by atoms with Crippen LogP contribution in [0.3, 0.4) is 0 Å². The minimum atomic E-state index is -4.38. The molecule has 6 heteroatoms. The molecular formula is C10H12F3N3. The Bertz CT molecular complexity index is 359. The highest BCUT2D eigenvalue weighted by molar-refractivity contribution is 5.37. The first-order chi connectivity index (χ1) is 7.55. The lowest BCUT2D eigenvalue weighted by Gasteiger charge is -2.13. The Labute approximate surface area is 91.1 Å². The summed E-state index contributed by atoms with van der Waals surface area (Å²) in [5, 5.41) is 6.10. The maximum atomic E-state index is 12.4. The zero-order valence-corrected chi connectivity index (χ0v) is 8.51. The van der Waals surface area contributed by atoms with Crippen LogP contribution in [0.25, 0.3) is 0 Å². The van der Waals surface area contributed by atoms with Gasteiger partial charge in [-0.05, 0) is 25.1 Å². The molecule has 1 saturated heterocycles. The van der Waals surface area contributed by atoms with Gasteiger partial charge in [-0.2, -0.15) is 13.2 Å². The number of pyridine rings is 1. The van der Waals surface area contributed by atoms with Gasteiger partial charge in [-0.3, -0.25) is 0 Å². The fourth-order valence-electron chi connectivity index (χ4n) is 1.66. The number of alkyl halides is 3. The Morgan fingerprint density at radius 3 is 2.81 bits per heavy atom. The van der Waals surface area contributed by atoms with Crippen molar-refractivity contribution in [2.45, 2.75) is 18.6 Å². The quantitative estimate of drug-likeness (QED) is 0.816. The van der Waals surface area contributed by atoms with Crippen LogP contribution < -0.4 is 10.6 Å². The van der Waals surface area contributed by atoms with Gasteiger partial charge in [-0.25, -0.2) is 4.98 Å². The second-order valence-electron chi connectivity index (χ2n) is 3.74. The van der Waals surface area contributed by atoms with E-state index in [1.54, 1.807) is 6.07 Å². The van der Waals surface area contributed by atoms with Gasteiger partial charge in [0, 0.05) is 12.6 Å². The first-order valence-corrected chi connectivity index (χ1v) is 5.07. The van der Waals surface area contributed by atoms with Crippen LogP contribution in [0.5, 0.6) is 0 Å². The second-order valence-corrected chi connectivity index (χ2v) is 3.74. The molecule has 0 unspecified atom stereocenters. The molecule has 2 N–H and O–H groups in total. The smallest absolute Gasteiger partial charge is 0.366 e. The van der Waals surface area contributed by atoms with Crippen molar-refractivity contribution in [2.75, 3.05) is 18.4 Å².